The molecule has 1 aromatic heterocycles. The SMILES string of the molecule is Cc1cnn(-c2ccccc2C(F)(F)F)c1. The lowest BCUT2D eigenvalue weighted by Crippen LogP contribution is -2.10. The van der Waals surface area contributed by atoms with Gasteiger partial charge in [0.15, 0.2) is 0 Å². The molecule has 0 N–H and O–H groups in total. The Labute approximate surface area is 90.3 Å². The van der Waals surface area contributed by atoms with E-state index in [0.717, 1.165) is 11.6 Å². The normalized spacial score (nSPS) is 11.8. The summed E-state index contributed by atoms with van der Waals surface area (Å²) in [5, 5.41) is 3.88. The van der Waals surface area contributed by atoms with Crippen LogP contribution < -0.4 is 0 Å². The van der Waals surface area contributed by atoms with E-state index in [0.29, 0.717) is 0 Å². The van der Waals surface area contributed by atoms with Crippen LogP contribution in [0.25, 0.3) is 5.69 Å². The quantitative estimate of drug-likeness (QED) is 0.730. The molecule has 0 spiro atoms. The first-order chi connectivity index (χ1) is 7.48. The number of benzene rings is 1. The number of aryl methyl sites for hydroxylation is 1. The third kappa shape index (κ3) is 1.93. The fourth-order valence-electron chi connectivity index (χ4n) is 1.46. The lowest BCUT2D eigenvalue weighted by Gasteiger charge is -2.12. The van der Waals surface area contributed by atoms with E-state index in [1.807, 2.05) is 0 Å². The minimum atomic E-state index is -4.36. The van der Waals surface area contributed by atoms with Crippen molar-refractivity contribution in [3.05, 3.63) is 47.8 Å². The van der Waals surface area contributed by atoms with Crippen molar-refractivity contribution < 1.29 is 13.2 Å². The highest BCUT2D eigenvalue weighted by Gasteiger charge is 2.33. The van der Waals surface area contributed by atoms with E-state index in [2.05, 4.69) is 5.10 Å². The van der Waals surface area contributed by atoms with Gasteiger partial charge in [-0.3, -0.25) is 0 Å². The fourth-order valence-corrected chi connectivity index (χ4v) is 1.46. The predicted octanol–water partition coefficient (Wildman–Crippen LogP) is 3.20. The molecule has 1 aromatic carbocycles. The van der Waals surface area contributed by atoms with E-state index < -0.39 is 11.7 Å². The van der Waals surface area contributed by atoms with Crippen molar-refractivity contribution in [3.8, 4) is 5.69 Å². The summed E-state index contributed by atoms with van der Waals surface area (Å²) in [4.78, 5) is 0. The molecule has 0 aliphatic carbocycles. The highest BCUT2D eigenvalue weighted by molar-refractivity contribution is 5.42. The minimum Gasteiger partial charge on any atom is -0.240 e. The van der Waals surface area contributed by atoms with Crippen molar-refractivity contribution >= 4 is 0 Å². The van der Waals surface area contributed by atoms with E-state index in [-0.39, 0.29) is 5.69 Å². The van der Waals surface area contributed by atoms with Crippen LogP contribution in [-0.4, -0.2) is 9.78 Å². The van der Waals surface area contributed by atoms with E-state index in [9.17, 15) is 13.2 Å². The predicted molar refractivity (Wildman–Crippen MR) is 53.3 cm³/mol. The molecule has 0 unspecified atom stereocenters. The first-order valence-corrected chi connectivity index (χ1v) is 4.66. The zero-order valence-corrected chi connectivity index (χ0v) is 8.49. The van der Waals surface area contributed by atoms with Gasteiger partial charge in [0.2, 0.25) is 0 Å². The average molecular weight is 226 g/mol. The molecular weight excluding hydrogens is 217 g/mol. The van der Waals surface area contributed by atoms with Gasteiger partial charge >= 0.3 is 6.18 Å². The molecule has 0 saturated carbocycles. The standard InChI is InChI=1S/C11H9F3N2/c1-8-6-15-16(7-8)10-5-3-2-4-9(10)11(12,13)14/h2-7H,1H3. The first-order valence-electron chi connectivity index (χ1n) is 4.66. The number of aromatic nitrogens is 2. The number of hydrogen-bond acceptors (Lipinski definition) is 1. The van der Waals surface area contributed by atoms with Gasteiger partial charge in [-0.2, -0.15) is 18.3 Å². The van der Waals surface area contributed by atoms with Crippen LogP contribution in [0.15, 0.2) is 36.7 Å². The van der Waals surface area contributed by atoms with Crippen LogP contribution in [0.1, 0.15) is 11.1 Å². The highest BCUT2D eigenvalue weighted by Crippen LogP contribution is 2.33. The maximum absolute atomic E-state index is 12.7. The molecule has 0 bridgehead atoms. The zero-order valence-electron chi connectivity index (χ0n) is 8.49. The summed E-state index contributed by atoms with van der Waals surface area (Å²) >= 11 is 0. The third-order valence-corrected chi connectivity index (χ3v) is 2.17. The topological polar surface area (TPSA) is 17.8 Å². The van der Waals surface area contributed by atoms with Crippen LogP contribution in [0.5, 0.6) is 0 Å². The maximum Gasteiger partial charge on any atom is 0.418 e. The Kier molecular flexibility index (Phi) is 2.46. The number of halogens is 3. The second-order valence-corrected chi connectivity index (χ2v) is 3.48. The van der Waals surface area contributed by atoms with Crippen LogP contribution in [-0.2, 0) is 6.18 Å². The molecule has 0 amide bonds. The maximum atomic E-state index is 12.7. The molecule has 0 radical (unpaired) electrons. The van der Waals surface area contributed by atoms with Crippen LogP contribution in [0.2, 0.25) is 0 Å². The Morgan fingerprint density at radius 2 is 1.88 bits per heavy atom. The summed E-state index contributed by atoms with van der Waals surface area (Å²) in [5.41, 5.74) is 0.179. The number of rotatable bonds is 1. The molecule has 5 heteroatoms. The van der Waals surface area contributed by atoms with Crippen LogP contribution in [0.3, 0.4) is 0 Å². The van der Waals surface area contributed by atoms with E-state index >= 15 is 0 Å². The molecule has 0 fully saturated rings. The first kappa shape index (κ1) is 10.7. The number of nitrogens with zero attached hydrogens (tertiary/aromatic N) is 2. The van der Waals surface area contributed by atoms with E-state index in [1.165, 1.54) is 23.0 Å². The van der Waals surface area contributed by atoms with E-state index in [1.54, 1.807) is 19.2 Å². The third-order valence-electron chi connectivity index (χ3n) is 2.17. The molecule has 84 valence electrons. The van der Waals surface area contributed by atoms with Gasteiger partial charge in [0, 0.05) is 6.20 Å². The van der Waals surface area contributed by atoms with Crippen LogP contribution >= 0.6 is 0 Å². The number of alkyl halides is 3. The van der Waals surface area contributed by atoms with Gasteiger partial charge in [-0.15, -0.1) is 0 Å². The van der Waals surface area contributed by atoms with Crippen molar-refractivity contribution in [2.75, 3.05) is 0 Å². The highest BCUT2D eigenvalue weighted by atomic mass is 19.4. The van der Waals surface area contributed by atoms with Gasteiger partial charge < -0.3 is 0 Å². The van der Waals surface area contributed by atoms with Crippen molar-refractivity contribution in [3.63, 3.8) is 0 Å². The van der Waals surface area contributed by atoms with Gasteiger partial charge in [-0.25, -0.2) is 4.68 Å². The second kappa shape index (κ2) is 3.66. The Bertz CT molecular complexity index is 500. The summed E-state index contributed by atoms with van der Waals surface area (Å²) in [7, 11) is 0. The second-order valence-electron chi connectivity index (χ2n) is 3.48. The molecule has 16 heavy (non-hydrogen) atoms. The molecule has 2 aromatic rings. The molecule has 2 nitrogen and oxygen atoms in total. The average Bonchev–Trinajstić information content (AvgIpc) is 2.64. The lowest BCUT2D eigenvalue weighted by molar-refractivity contribution is -0.137. The van der Waals surface area contributed by atoms with Crippen molar-refractivity contribution in [2.24, 2.45) is 0 Å². The summed E-state index contributed by atoms with van der Waals surface area (Å²) in [6, 6.07) is 5.37. The van der Waals surface area contributed by atoms with Gasteiger partial charge in [0.05, 0.1) is 17.4 Å². The molecule has 0 aliphatic heterocycles. The Hall–Kier alpha value is -1.78. The molecule has 1 heterocycles. The Morgan fingerprint density at radius 3 is 2.44 bits per heavy atom. The lowest BCUT2D eigenvalue weighted by atomic mass is 10.1. The monoisotopic (exact) mass is 226 g/mol. The molecule has 0 aliphatic rings. The van der Waals surface area contributed by atoms with E-state index in [4.69, 9.17) is 0 Å². The molecule has 0 saturated heterocycles. The van der Waals surface area contributed by atoms with Crippen LogP contribution in [0, 0.1) is 6.92 Å². The summed E-state index contributed by atoms with van der Waals surface area (Å²) < 4.78 is 39.3. The Balaban J connectivity index is 2.57. The Morgan fingerprint density at radius 1 is 1.19 bits per heavy atom. The molecular formula is C11H9F3N2. The van der Waals surface area contributed by atoms with Crippen LogP contribution in [0.4, 0.5) is 13.2 Å². The smallest absolute Gasteiger partial charge is 0.240 e. The minimum absolute atomic E-state index is 0.0445. The van der Waals surface area contributed by atoms with Gasteiger partial charge in [-0.05, 0) is 24.6 Å². The summed E-state index contributed by atoms with van der Waals surface area (Å²) in [6.07, 6.45) is -1.28. The summed E-state index contributed by atoms with van der Waals surface area (Å²) in [5.74, 6) is 0. The molecule has 2 rings (SSSR count). The number of hydrogen-bond donors (Lipinski definition) is 0. The largest absolute Gasteiger partial charge is 0.418 e. The van der Waals surface area contributed by atoms with Gasteiger partial charge in [-0.1, -0.05) is 12.1 Å². The summed E-state index contributed by atoms with van der Waals surface area (Å²) in [6.45, 7) is 1.78. The van der Waals surface area contributed by atoms with Crippen molar-refractivity contribution in [1.82, 2.24) is 9.78 Å². The zero-order chi connectivity index (χ0) is 11.8. The van der Waals surface area contributed by atoms with Crippen molar-refractivity contribution in [1.29, 1.82) is 0 Å². The molecule has 0 atom stereocenters. The van der Waals surface area contributed by atoms with Gasteiger partial charge in [0.25, 0.3) is 0 Å². The van der Waals surface area contributed by atoms with Gasteiger partial charge in [0.1, 0.15) is 0 Å². The number of para-hydroxylation sites is 1. The van der Waals surface area contributed by atoms with Crippen molar-refractivity contribution in [2.45, 2.75) is 13.1 Å². The fraction of sp³-hybridized carbons (Fsp3) is 0.182.